The van der Waals surface area contributed by atoms with E-state index < -0.39 is 0 Å². The van der Waals surface area contributed by atoms with E-state index in [-0.39, 0.29) is 5.91 Å². The summed E-state index contributed by atoms with van der Waals surface area (Å²) in [7, 11) is 1.72. The van der Waals surface area contributed by atoms with Crippen LogP contribution in [0, 0.1) is 0 Å². The summed E-state index contributed by atoms with van der Waals surface area (Å²) < 4.78 is 10.9. The molecular formula is C14H14ClN3O3. The van der Waals surface area contributed by atoms with Crippen molar-refractivity contribution >= 4 is 17.5 Å². The number of ether oxygens (including phenoxy) is 2. The molecule has 0 unspecified atom stereocenters. The fourth-order valence-electron chi connectivity index (χ4n) is 2.16. The maximum atomic E-state index is 12.4. The first kappa shape index (κ1) is 13.8. The first-order valence-corrected chi connectivity index (χ1v) is 6.85. The van der Waals surface area contributed by atoms with E-state index >= 15 is 0 Å². The summed E-state index contributed by atoms with van der Waals surface area (Å²) in [4.78, 5) is 14.0. The molecule has 110 valence electrons. The summed E-state index contributed by atoms with van der Waals surface area (Å²) in [6.45, 7) is 1.37. The zero-order chi connectivity index (χ0) is 14.8. The van der Waals surface area contributed by atoms with Gasteiger partial charge in [0.15, 0.2) is 11.5 Å². The molecule has 2 aromatic rings. The van der Waals surface area contributed by atoms with Crippen LogP contribution in [0.15, 0.2) is 24.5 Å². The standard InChI is InChI=1S/C14H14ClN3O3/c1-18(8-9-6-16-17-7-9)14(19)10-4-11(15)13-12(5-10)20-2-3-21-13/h4-7H,2-3,8H2,1H3,(H,16,17). The number of rotatable bonds is 3. The number of aromatic nitrogens is 2. The molecule has 0 spiro atoms. The second-order valence-corrected chi connectivity index (χ2v) is 5.16. The Bertz CT molecular complexity index is 658. The molecular weight excluding hydrogens is 294 g/mol. The average Bonchev–Trinajstić information content (AvgIpc) is 2.99. The molecule has 0 radical (unpaired) electrons. The molecule has 0 saturated heterocycles. The summed E-state index contributed by atoms with van der Waals surface area (Å²) >= 11 is 6.15. The Morgan fingerprint density at radius 1 is 1.43 bits per heavy atom. The van der Waals surface area contributed by atoms with Crippen LogP contribution in [0.5, 0.6) is 11.5 Å². The van der Waals surface area contributed by atoms with E-state index in [0.717, 1.165) is 5.56 Å². The molecule has 1 aliphatic rings. The maximum absolute atomic E-state index is 12.4. The number of benzene rings is 1. The number of amides is 1. The van der Waals surface area contributed by atoms with Gasteiger partial charge in [0, 0.05) is 30.9 Å². The normalized spacial score (nSPS) is 13.0. The van der Waals surface area contributed by atoms with Gasteiger partial charge in [0.05, 0.1) is 11.2 Å². The van der Waals surface area contributed by atoms with E-state index in [1.54, 1.807) is 36.5 Å². The lowest BCUT2D eigenvalue weighted by Crippen LogP contribution is -2.26. The molecule has 0 atom stereocenters. The minimum Gasteiger partial charge on any atom is -0.486 e. The van der Waals surface area contributed by atoms with Crippen molar-refractivity contribution in [1.29, 1.82) is 0 Å². The van der Waals surface area contributed by atoms with Gasteiger partial charge < -0.3 is 14.4 Å². The molecule has 1 aromatic carbocycles. The van der Waals surface area contributed by atoms with Gasteiger partial charge in [-0.15, -0.1) is 0 Å². The van der Waals surface area contributed by atoms with Crippen molar-refractivity contribution in [3.05, 3.63) is 40.7 Å². The number of aromatic amines is 1. The predicted octanol–water partition coefficient (Wildman–Crippen LogP) is 2.11. The number of nitrogens with zero attached hydrogens (tertiary/aromatic N) is 2. The van der Waals surface area contributed by atoms with Gasteiger partial charge in [-0.1, -0.05) is 11.6 Å². The zero-order valence-electron chi connectivity index (χ0n) is 11.4. The fourth-order valence-corrected chi connectivity index (χ4v) is 2.43. The average molecular weight is 308 g/mol. The third-order valence-electron chi connectivity index (χ3n) is 3.17. The van der Waals surface area contributed by atoms with Crippen LogP contribution < -0.4 is 9.47 Å². The van der Waals surface area contributed by atoms with Crippen molar-refractivity contribution in [2.24, 2.45) is 0 Å². The van der Waals surface area contributed by atoms with Crippen LogP contribution in [0.3, 0.4) is 0 Å². The van der Waals surface area contributed by atoms with Crippen LogP contribution >= 0.6 is 11.6 Å². The van der Waals surface area contributed by atoms with E-state index in [9.17, 15) is 4.79 Å². The Morgan fingerprint density at radius 2 is 2.24 bits per heavy atom. The third-order valence-corrected chi connectivity index (χ3v) is 3.45. The fraction of sp³-hybridized carbons (Fsp3) is 0.286. The number of hydrogen-bond donors (Lipinski definition) is 1. The highest BCUT2D eigenvalue weighted by Crippen LogP contribution is 2.38. The second kappa shape index (κ2) is 5.65. The largest absolute Gasteiger partial charge is 0.486 e. The van der Waals surface area contributed by atoms with Crippen LogP contribution in [-0.4, -0.2) is 41.3 Å². The summed E-state index contributed by atoms with van der Waals surface area (Å²) in [5.41, 5.74) is 1.39. The Morgan fingerprint density at radius 3 is 3.00 bits per heavy atom. The molecule has 0 saturated carbocycles. The van der Waals surface area contributed by atoms with Crippen molar-refractivity contribution < 1.29 is 14.3 Å². The maximum Gasteiger partial charge on any atom is 0.254 e. The Labute approximate surface area is 126 Å². The molecule has 0 aliphatic carbocycles. The quantitative estimate of drug-likeness (QED) is 0.943. The molecule has 21 heavy (non-hydrogen) atoms. The van der Waals surface area contributed by atoms with E-state index in [4.69, 9.17) is 21.1 Å². The van der Waals surface area contributed by atoms with Crippen LogP contribution in [0.1, 0.15) is 15.9 Å². The highest BCUT2D eigenvalue weighted by Gasteiger charge is 2.21. The lowest BCUT2D eigenvalue weighted by atomic mass is 10.1. The van der Waals surface area contributed by atoms with Crippen molar-refractivity contribution in [3.8, 4) is 11.5 Å². The number of nitrogens with one attached hydrogen (secondary N) is 1. The monoisotopic (exact) mass is 307 g/mol. The molecule has 6 nitrogen and oxygen atoms in total. The van der Waals surface area contributed by atoms with Gasteiger partial charge in [0.25, 0.3) is 5.91 Å². The number of H-pyrrole nitrogens is 1. The molecule has 1 aliphatic heterocycles. The van der Waals surface area contributed by atoms with Crippen LogP contribution in [-0.2, 0) is 6.54 Å². The highest BCUT2D eigenvalue weighted by atomic mass is 35.5. The Hall–Kier alpha value is -2.21. The van der Waals surface area contributed by atoms with Gasteiger partial charge in [-0.25, -0.2) is 0 Å². The lowest BCUT2D eigenvalue weighted by molar-refractivity contribution is 0.0784. The van der Waals surface area contributed by atoms with Crippen molar-refractivity contribution in [2.45, 2.75) is 6.54 Å². The summed E-state index contributed by atoms with van der Waals surface area (Å²) in [6, 6.07) is 3.26. The smallest absolute Gasteiger partial charge is 0.254 e. The van der Waals surface area contributed by atoms with Crippen molar-refractivity contribution in [2.75, 3.05) is 20.3 Å². The minimum absolute atomic E-state index is 0.143. The van der Waals surface area contributed by atoms with Gasteiger partial charge in [-0.05, 0) is 12.1 Å². The van der Waals surface area contributed by atoms with Gasteiger partial charge in [0.1, 0.15) is 13.2 Å². The topological polar surface area (TPSA) is 67.5 Å². The number of fused-ring (bicyclic) bond motifs is 1. The van der Waals surface area contributed by atoms with Crippen LogP contribution in [0.2, 0.25) is 5.02 Å². The van der Waals surface area contributed by atoms with Crippen molar-refractivity contribution in [3.63, 3.8) is 0 Å². The summed E-state index contributed by atoms with van der Waals surface area (Å²) in [5, 5.41) is 6.96. The van der Waals surface area contributed by atoms with Gasteiger partial charge >= 0.3 is 0 Å². The third kappa shape index (κ3) is 2.80. The molecule has 3 rings (SSSR count). The van der Waals surface area contributed by atoms with Crippen LogP contribution in [0.25, 0.3) is 0 Å². The van der Waals surface area contributed by atoms with Gasteiger partial charge in [0.2, 0.25) is 0 Å². The molecule has 0 fully saturated rings. The molecule has 7 heteroatoms. The van der Waals surface area contributed by atoms with Gasteiger partial charge in [-0.2, -0.15) is 5.10 Å². The molecule has 0 bridgehead atoms. The Kier molecular flexibility index (Phi) is 3.70. The van der Waals surface area contributed by atoms with E-state index in [1.165, 1.54) is 0 Å². The number of carbonyl (C=O) groups is 1. The number of carbonyl (C=O) groups excluding carboxylic acids is 1. The van der Waals surface area contributed by atoms with E-state index in [2.05, 4.69) is 10.2 Å². The minimum atomic E-state index is -0.143. The number of halogens is 1. The molecule has 1 N–H and O–H groups in total. The first-order valence-electron chi connectivity index (χ1n) is 6.47. The highest BCUT2D eigenvalue weighted by molar-refractivity contribution is 6.32. The predicted molar refractivity (Wildman–Crippen MR) is 76.8 cm³/mol. The molecule has 2 heterocycles. The molecule has 1 aromatic heterocycles. The van der Waals surface area contributed by atoms with E-state index in [0.29, 0.717) is 41.8 Å². The molecule has 1 amide bonds. The van der Waals surface area contributed by atoms with Crippen LogP contribution in [0.4, 0.5) is 0 Å². The van der Waals surface area contributed by atoms with E-state index in [1.807, 2.05) is 0 Å². The van der Waals surface area contributed by atoms with Gasteiger partial charge in [-0.3, -0.25) is 9.89 Å². The number of hydrogen-bond acceptors (Lipinski definition) is 4. The Balaban J connectivity index is 1.82. The lowest BCUT2D eigenvalue weighted by Gasteiger charge is -2.21. The second-order valence-electron chi connectivity index (χ2n) is 4.75. The first-order chi connectivity index (χ1) is 10.1. The summed E-state index contributed by atoms with van der Waals surface area (Å²) in [5.74, 6) is 0.862. The zero-order valence-corrected chi connectivity index (χ0v) is 12.2. The SMILES string of the molecule is CN(Cc1cn[nH]c1)C(=O)c1cc(Cl)c2c(c1)OCCO2. The summed E-state index contributed by atoms with van der Waals surface area (Å²) in [6.07, 6.45) is 3.43. The van der Waals surface area contributed by atoms with Crippen molar-refractivity contribution in [1.82, 2.24) is 15.1 Å².